The Hall–Kier alpha value is -2.57. The Balaban J connectivity index is 1.66. The average Bonchev–Trinajstić information content (AvgIpc) is 2.60. The highest BCUT2D eigenvalue weighted by atomic mass is 16.2. The molecule has 4 amide bonds. The number of urea groups is 1. The number of benzene rings is 1. The first-order valence-corrected chi connectivity index (χ1v) is 8.99. The van der Waals surface area contributed by atoms with Crippen LogP contribution in [0.5, 0.6) is 0 Å². The van der Waals surface area contributed by atoms with Gasteiger partial charge in [-0.2, -0.15) is 0 Å². The molecule has 7 nitrogen and oxygen atoms in total. The molecule has 1 aromatic rings. The van der Waals surface area contributed by atoms with E-state index in [2.05, 4.69) is 54.5 Å². The highest BCUT2D eigenvalue weighted by molar-refractivity contribution is 6.02. The molecule has 1 aromatic carbocycles. The molecule has 2 saturated heterocycles. The lowest BCUT2D eigenvalue weighted by atomic mass is 9.85. The van der Waals surface area contributed by atoms with Gasteiger partial charge in [0.25, 0.3) is 0 Å². The fourth-order valence-corrected chi connectivity index (χ4v) is 3.53. The summed E-state index contributed by atoms with van der Waals surface area (Å²) >= 11 is 0. The number of para-hydroxylation sites is 1. The summed E-state index contributed by atoms with van der Waals surface area (Å²) in [5, 5.41) is 4.69. The molecule has 2 aliphatic rings. The van der Waals surface area contributed by atoms with Crippen molar-refractivity contribution in [2.24, 2.45) is 0 Å². The van der Waals surface area contributed by atoms with Crippen molar-refractivity contribution < 1.29 is 14.4 Å². The second-order valence-corrected chi connectivity index (χ2v) is 7.86. The van der Waals surface area contributed by atoms with Crippen molar-refractivity contribution in [3.8, 4) is 0 Å². The molecule has 0 radical (unpaired) electrons. The predicted octanol–water partition coefficient (Wildman–Crippen LogP) is 1.23. The van der Waals surface area contributed by atoms with Crippen molar-refractivity contribution in [2.45, 2.75) is 38.6 Å². The van der Waals surface area contributed by atoms with Gasteiger partial charge in [-0.1, -0.05) is 39.0 Å². The number of hydrogen-bond donors (Lipinski definition) is 2. The number of rotatable bonds is 2. The molecule has 26 heavy (non-hydrogen) atoms. The summed E-state index contributed by atoms with van der Waals surface area (Å²) in [6.45, 7) is 9.20. The van der Waals surface area contributed by atoms with Crippen LogP contribution in [0.4, 0.5) is 10.5 Å². The highest BCUT2D eigenvalue weighted by Crippen LogP contribution is 2.32. The number of piperazine rings is 1. The van der Waals surface area contributed by atoms with Gasteiger partial charge >= 0.3 is 6.03 Å². The molecule has 7 heteroatoms. The number of anilines is 1. The Labute approximate surface area is 153 Å². The lowest BCUT2D eigenvalue weighted by Gasteiger charge is -2.39. The lowest BCUT2D eigenvalue weighted by Crippen LogP contribution is -2.60. The zero-order valence-electron chi connectivity index (χ0n) is 15.5. The Bertz CT molecular complexity index is 702. The monoisotopic (exact) mass is 358 g/mol. The minimum absolute atomic E-state index is 0.00234. The molecule has 0 saturated carbocycles. The van der Waals surface area contributed by atoms with Gasteiger partial charge in [-0.3, -0.25) is 14.9 Å². The van der Waals surface area contributed by atoms with Gasteiger partial charge < -0.3 is 15.1 Å². The van der Waals surface area contributed by atoms with Crippen LogP contribution in [0.2, 0.25) is 0 Å². The number of nitrogens with one attached hydrogen (secondary N) is 2. The number of carbonyl (C=O) groups excluding carboxylic acids is 3. The molecular formula is C19H26N4O3. The average molecular weight is 358 g/mol. The number of hydrogen-bond acceptors (Lipinski definition) is 4. The van der Waals surface area contributed by atoms with Gasteiger partial charge in [0, 0.05) is 31.9 Å². The molecule has 2 fully saturated rings. The van der Waals surface area contributed by atoms with Crippen LogP contribution in [0.25, 0.3) is 0 Å². The minimum Gasteiger partial charge on any atom is -0.368 e. The number of amides is 4. The Morgan fingerprint density at radius 3 is 2.35 bits per heavy atom. The second kappa shape index (κ2) is 6.97. The highest BCUT2D eigenvalue weighted by Gasteiger charge is 2.34. The van der Waals surface area contributed by atoms with Gasteiger partial charge in [0.1, 0.15) is 6.04 Å². The van der Waals surface area contributed by atoms with Crippen LogP contribution in [-0.4, -0.2) is 55.0 Å². The smallest absolute Gasteiger partial charge is 0.322 e. The van der Waals surface area contributed by atoms with Gasteiger partial charge in [0.05, 0.1) is 6.42 Å². The van der Waals surface area contributed by atoms with Gasteiger partial charge in [-0.05, 0) is 17.0 Å². The van der Waals surface area contributed by atoms with Crippen molar-refractivity contribution in [2.75, 3.05) is 31.1 Å². The van der Waals surface area contributed by atoms with E-state index in [-0.39, 0.29) is 17.7 Å². The van der Waals surface area contributed by atoms with Crippen LogP contribution < -0.4 is 15.5 Å². The molecule has 2 aliphatic heterocycles. The zero-order valence-corrected chi connectivity index (χ0v) is 15.5. The van der Waals surface area contributed by atoms with Gasteiger partial charge in [-0.15, -0.1) is 0 Å². The van der Waals surface area contributed by atoms with Crippen LogP contribution >= 0.6 is 0 Å². The van der Waals surface area contributed by atoms with Crippen LogP contribution in [0, 0.1) is 0 Å². The van der Waals surface area contributed by atoms with Crippen molar-refractivity contribution in [3.05, 3.63) is 29.8 Å². The molecule has 3 rings (SSSR count). The fourth-order valence-electron chi connectivity index (χ4n) is 3.53. The molecule has 1 atom stereocenters. The first-order valence-electron chi connectivity index (χ1n) is 8.99. The van der Waals surface area contributed by atoms with E-state index in [9.17, 15) is 14.4 Å². The van der Waals surface area contributed by atoms with Crippen molar-refractivity contribution in [1.29, 1.82) is 0 Å². The summed E-state index contributed by atoms with van der Waals surface area (Å²) in [7, 11) is 0. The van der Waals surface area contributed by atoms with E-state index in [4.69, 9.17) is 0 Å². The third-order valence-electron chi connectivity index (χ3n) is 4.89. The van der Waals surface area contributed by atoms with E-state index in [0.29, 0.717) is 13.1 Å². The molecule has 140 valence electrons. The normalized spacial score (nSPS) is 21.3. The maximum absolute atomic E-state index is 12.6. The Kier molecular flexibility index (Phi) is 4.89. The van der Waals surface area contributed by atoms with E-state index in [1.54, 1.807) is 4.90 Å². The van der Waals surface area contributed by atoms with Crippen molar-refractivity contribution in [1.82, 2.24) is 15.5 Å². The van der Waals surface area contributed by atoms with Crippen LogP contribution in [0.15, 0.2) is 24.3 Å². The quantitative estimate of drug-likeness (QED) is 0.833. The lowest BCUT2D eigenvalue weighted by molar-refractivity contribution is -0.136. The summed E-state index contributed by atoms with van der Waals surface area (Å²) in [5.74, 6) is -0.596. The first kappa shape index (κ1) is 18.2. The van der Waals surface area contributed by atoms with E-state index >= 15 is 0 Å². The second-order valence-electron chi connectivity index (χ2n) is 7.86. The third kappa shape index (κ3) is 3.81. The Morgan fingerprint density at radius 2 is 1.73 bits per heavy atom. The van der Waals surface area contributed by atoms with Gasteiger partial charge in [-0.25, -0.2) is 4.79 Å². The summed E-state index contributed by atoms with van der Waals surface area (Å²) in [4.78, 5) is 39.6. The van der Waals surface area contributed by atoms with Crippen LogP contribution in [0.3, 0.4) is 0 Å². The first-order chi connectivity index (χ1) is 12.3. The van der Waals surface area contributed by atoms with Gasteiger partial charge in [0.2, 0.25) is 11.8 Å². The molecule has 2 N–H and O–H groups in total. The standard InChI is InChI=1S/C19H26N4O3/c1-19(2,3)13-6-4-5-7-15(13)22-8-10-23(11-9-22)17(25)14-12-16(24)21-18(26)20-14/h4-7,14H,8-12H2,1-3H3,(H2,20,21,24,26). The van der Waals surface area contributed by atoms with Crippen molar-refractivity contribution >= 4 is 23.5 Å². The zero-order chi connectivity index (χ0) is 18.9. The molecular weight excluding hydrogens is 332 g/mol. The molecule has 2 heterocycles. The summed E-state index contributed by atoms with van der Waals surface area (Å²) in [6.07, 6.45) is -0.00234. The molecule has 0 aromatic heterocycles. The molecule has 0 spiro atoms. The predicted molar refractivity (Wildman–Crippen MR) is 99.0 cm³/mol. The minimum atomic E-state index is -0.760. The van der Waals surface area contributed by atoms with Gasteiger partial charge in [0.15, 0.2) is 0 Å². The van der Waals surface area contributed by atoms with E-state index in [0.717, 1.165) is 13.1 Å². The summed E-state index contributed by atoms with van der Waals surface area (Å²) < 4.78 is 0. The Morgan fingerprint density at radius 1 is 1.08 bits per heavy atom. The number of carbonyl (C=O) groups is 3. The summed E-state index contributed by atoms with van der Waals surface area (Å²) in [5.41, 5.74) is 2.54. The van der Waals surface area contributed by atoms with Crippen LogP contribution in [0.1, 0.15) is 32.8 Å². The number of imide groups is 1. The fraction of sp³-hybridized carbons (Fsp3) is 0.526. The molecule has 1 unspecified atom stereocenters. The van der Waals surface area contributed by atoms with E-state index < -0.39 is 18.0 Å². The summed E-state index contributed by atoms with van der Waals surface area (Å²) in [6, 6.07) is 7.02. The van der Waals surface area contributed by atoms with E-state index in [1.165, 1.54) is 11.3 Å². The van der Waals surface area contributed by atoms with Crippen LogP contribution in [-0.2, 0) is 15.0 Å². The largest absolute Gasteiger partial charge is 0.368 e. The van der Waals surface area contributed by atoms with E-state index in [1.807, 2.05) is 6.07 Å². The molecule has 0 aliphatic carbocycles. The van der Waals surface area contributed by atoms with Crippen molar-refractivity contribution in [3.63, 3.8) is 0 Å². The SMILES string of the molecule is CC(C)(C)c1ccccc1N1CCN(C(=O)C2CC(=O)NC(=O)N2)CC1. The molecule has 0 bridgehead atoms. The number of nitrogens with zero attached hydrogens (tertiary/aromatic N) is 2. The topological polar surface area (TPSA) is 81.8 Å². The maximum atomic E-state index is 12.6. The third-order valence-corrected chi connectivity index (χ3v) is 4.89. The maximum Gasteiger partial charge on any atom is 0.322 e.